The van der Waals surface area contributed by atoms with Crippen LogP contribution >= 0.6 is 11.3 Å². The van der Waals surface area contributed by atoms with Gasteiger partial charge in [0.05, 0.1) is 12.0 Å². The number of nitrogens with zero attached hydrogens (tertiary/aromatic N) is 1. The summed E-state index contributed by atoms with van der Waals surface area (Å²) in [5.74, 6) is 0.285. The molecule has 2 aromatic rings. The summed E-state index contributed by atoms with van der Waals surface area (Å²) < 4.78 is 4.98. The van der Waals surface area contributed by atoms with E-state index in [2.05, 4.69) is 24.4 Å². The van der Waals surface area contributed by atoms with E-state index in [4.69, 9.17) is 4.74 Å². The van der Waals surface area contributed by atoms with Gasteiger partial charge in [0, 0.05) is 28.9 Å². The van der Waals surface area contributed by atoms with E-state index in [0.29, 0.717) is 6.54 Å². The van der Waals surface area contributed by atoms with E-state index in [1.54, 1.807) is 23.5 Å². The van der Waals surface area contributed by atoms with Crippen LogP contribution in [-0.2, 0) is 13.1 Å². The van der Waals surface area contributed by atoms with Crippen molar-refractivity contribution in [3.05, 3.63) is 55.8 Å². The highest BCUT2D eigenvalue weighted by atomic mass is 32.1. The van der Waals surface area contributed by atoms with E-state index in [1.165, 1.54) is 16.9 Å². The number of nitro groups is 1. The molecule has 0 aliphatic carbocycles. The Morgan fingerprint density at radius 3 is 2.70 bits per heavy atom. The van der Waals surface area contributed by atoms with Gasteiger partial charge in [0.1, 0.15) is 0 Å². The second-order valence-electron chi connectivity index (χ2n) is 4.38. The van der Waals surface area contributed by atoms with Gasteiger partial charge in [0.15, 0.2) is 5.75 Å². The Morgan fingerprint density at radius 2 is 2.10 bits per heavy atom. The average molecular weight is 292 g/mol. The molecule has 5 nitrogen and oxygen atoms in total. The standard InChI is InChI=1S/C14H16N2O3S/c1-10-3-5-12(20-10)9-15-8-11-4-6-14(19-2)13(7-11)16(17)18/h3-7,15H,8-9H2,1-2H3. The first-order valence-corrected chi connectivity index (χ1v) is 6.99. The molecule has 6 heteroatoms. The maximum atomic E-state index is 10.9. The molecule has 0 aliphatic rings. The Morgan fingerprint density at radius 1 is 1.30 bits per heavy atom. The highest BCUT2D eigenvalue weighted by molar-refractivity contribution is 7.11. The Kier molecular flexibility index (Phi) is 4.70. The van der Waals surface area contributed by atoms with Gasteiger partial charge in [0.2, 0.25) is 0 Å². The molecule has 0 spiro atoms. The largest absolute Gasteiger partial charge is 0.490 e. The molecule has 0 bridgehead atoms. The first-order chi connectivity index (χ1) is 9.60. The average Bonchev–Trinajstić information content (AvgIpc) is 2.84. The van der Waals surface area contributed by atoms with E-state index in [0.717, 1.165) is 12.1 Å². The van der Waals surface area contributed by atoms with Crippen molar-refractivity contribution in [1.29, 1.82) is 0 Å². The minimum absolute atomic E-state index is 0.00114. The Balaban J connectivity index is 1.99. The van der Waals surface area contributed by atoms with Gasteiger partial charge < -0.3 is 10.1 Å². The minimum atomic E-state index is -0.426. The second kappa shape index (κ2) is 6.49. The molecule has 1 N–H and O–H groups in total. The maximum absolute atomic E-state index is 10.9. The lowest BCUT2D eigenvalue weighted by Crippen LogP contribution is -2.12. The number of aryl methyl sites for hydroxylation is 1. The van der Waals surface area contributed by atoms with Crippen molar-refractivity contribution in [1.82, 2.24) is 5.32 Å². The number of hydrogen-bond acceptors (Lipinski definition) is 5. The van der Waals surface area contributed by atoms with Crippen LogP contribution in [0.25, 0.3) is 0 Å². The number of thiophene rings is 1. The molecule has 0 amide bonds. The lowest BCUT2D eigenvalue weighted by atomic mass is 10.2. The summed E-state index contributed by atoms with van der Waals surface area (Å²) in [4.78, 5) is 13.0. The molecule has 106 valence electrons. The molecule has 1 aromatic carbocycles. The van der Waals surface area contributed by atoms with Crippen molar-refractivity contribution < 1.29 is 9.66 Å². The fraction of sp³-hybridized carbons (Fsp3) is 0.286. The molecule has 0 fully saturated rings. The highest BCUT2D eigenvalue weighted by Gasteiger charge is 2.14. The Hall–Kier alpha value is -1.92. The van der Waals surface area contributed by atoms with Crippen molar-refractivity contribution in [2.45, 2.75) is 20.0 Å². The van der Waals surface area contributed by atoms with Crippen LogP contribution in [0.3, 0.4) is 0 Å². The molecule has 0 atom stereocenters. The molecule has 2 rings (SSSR count). The van der Waals surface area contributed by atoms with Gasteiger partial charge in [0.25, 0.3) is 0 Å². The predicted molar refractivity (Wildman–Crippen MR) is 79.2 cm³/mol. The molecular formula is C14H16N2O3S. The van der Waals surface area contributed by atoms with Crippen LogP contribution in [0.15, 0.2) is 30.3 Å². The van der Waals surface area contributed by atoms with Crippen molar-refractivity contribution >= 4 is 17.0 Å². The Labute approximate surface area is 121 Å². The van der Waals surface area contributed by atoms with E-state index < -0.39 is 4.92 Å². The highest BCUT2D eigenvalue weighted by Crippen LogP contribution is 2.27. The lowest BCUT2D eigenvalue weighted by Gasteiger charge is -2.06. The van der Waals surface area contributed by atoms with Crippen LogP contribution < -0.4 is 10.1 Å². The topological polar surface area (TPSA) is 64.4 Å². The molecule has 0 saturated heterocycles. The molecule has 0 saturated carbocycles. The van der Waals surface area contributed by atoms with Crippen molar-refractivity contribution in [3.63, 3.8) is 0 Å². The zero-order chi connectivity index (χ0) is 14.5. The van der Waals surface area contributed by atoms with Gasteiger partial charge in [-0.25, -0.2) is 0 Å². The summed E-state index contributed by atoms with van der Waals surface area (Å²) in [6.45, 7) is 3.42. The van der Waals surface area contributed by atoms with Crippen LogP contribution in [0.1, 0.15) is 15.3 Å². The van der Waals surface area contributed by atoms with Crippen LogP contribution in [0.5, 0.6) is 5.75 Å². The predicted octanol–water partition coefficient (Wildman–Crippen LogP) is 3.26. The van der Waals surface area contributed by atoms with Gasteiger partial charge in [-0.3, -0.25) is 10.1 Å². The van der Waals surface area contributed by atoms with E-state index in [1.807, 2.05) is 6.07 Å². The normalized spacial score (nSPS) is 10.5. The molecule has 1 heterocycles. The number of nitrogens with one attached hydrogen (secondary N) is 1. The van der Waals surface area contributed by atoms with Crippen LogP contribution in [0.2, 0.25) is 0 Å². The molecule has 0 radical (unpaired) electrons. The second-order valence-corrected chi connectivity index (χ2v) is 5.75. The molecule has 0 aliphatic heterocycles. The molecule has 20 heavy (non-hydrogen) atoms. The van der Waals surface area contributed by atoms with Gasteiger partial charge in [-0.05, 0) is 30.7 Å². The van der Waals surface area contributed by atoms with Crippen LogP contribution in [0.4, 0.5) is 5.69 Å². The van der Waals surface area contributed by atoms with Gasteiger partial charge in [-0.1, -0.05) is 6.07 Å². The summed E-state index contributed by atoms with van der Waals surface area (Å²) in [6.07, 6.45) is 0. The summed E-state index contributed by atoms with van der Waals surface area (Å²) in [5, 5.41) is 14.2. The van der Waals surface area contributed by atoms with Crippen LogP contribution in [-0.4, -0.2) is 12.0 Å². The summed E-state index contributed by atoms with van der Waals surface area (Å²) in [6, 6.07) is 9.18. The number of rotatable bonds is 6. The third-order valence-electron chi connectivity index (χ3n) is 2.86. The third-order valence-corrected chi connectivity index (χ3v) is 3.86. The molecule has 1 aromatic heterocycles. The van der Waals surface area contributed by atoms with Gasteiger partial charge in [-0.2, -0.15) is 0 Å². The number of ether oxygens (including phenoxy) is 1. The lowest BCUT2D eigenvalue weighted by molar-refractivity contribution is -0.385. The van der Waals surface area contributed by atoms with Crippen molar-refractivity contribution in [2.75, 3.05) is 7.11 Å². The van der Waals surface area contributed by atoms with Gasteiger partial charge in [-0.15, -0.1) is 11.3 Å². The number of methoxy groups -OCH3 is 1. The number of nitro benzene ring substituents is 1. The SMILES string of the molecule is COc1ccc(CNCc2ccc(C)s2)cc1[N+](=O)[O-]. The first kappa shape index (κ1) is 14.5. The molecular weight excluding hydrogens is 276 g/mol. The monoisotopic (exact) mass is 292 g/mol. The number of benzene rings is 1. The van der Waals surface area contributed by atoms with E-state index in [9.17, 15) is 10.1 Å². The Bertz CT molecular complexity index is 610. The van der Waals surface area contributed by atoms with Crippen molar-refractivity contribution in [2.24, 2.45) is 0 Å². The summed E-state index contributed by atoms with van der Waals surface area (Å²) >= 11 is 1.75. The van der Waals surface area contributed by atoms with Crippen LogP contribution in [0, 0.1) is 17.0 Å². The van der Waals surface area contributed by atoms with E-state index in [-0.39, 0.29) is 11.4 Å². The van der Waals surface area contributed by atoms with Gasteiger partial charge >= 0.3 is 5.69 Å². The summed E-state index contributed by atoms with van der Waals surface area (Å²) in [7, 11) is 1.43. The quantitative estimate of drug-likeness (QED) is 0.655. The smallest absolute Gasteiger partial charge is 0.311 e. The fourth-order valence-corrected chi connectivity index (χ4v) is 2.76. The molecule has 0 unspecified atom stereocenters. The fourth-order valence-electron chi connectivity index (χ4n) is 1.90. The number of hydrogen-bond donors (Lipinski definition) is 1. The third kappa shape index (κ3) is 3.55. The van der Waals surface area contributed by atoms with E-state index >= 15 is 0 Å². The minimum Gasteiger partial charge on any atom is -0.490 e. The zero-order valence-corrected chi connectivity index (χ0v) is 12.2. The first-order valence-electron chi connectivity index (χ1n) is 6.17. The zero-order valence-electron chi connectivity index (χ0n) is 11.4. The maximum Gasteiger partial charge on any atom is 0.311 e. The summed E-state index contributed by atoms with van der Waals surface area (Å²) in [5.41, 5.74) is 0.865. The van der Waals surface area contributed by atoms with Crippen molar-refractivity contribution in [3.8, 4) is 5.75 Å².